The Hall–Kier alpha value is -4.37. The van der Waals surface area contributed by atoms with Crippen molar-refractivity contribution in [2.24, 2.45) is 0 Å². The molecule has 4 rings (SSSR count). The van der Waals surface area contributed by atoms with Gasteiger partial charge in [0.2, 0.25) is 5.88 Å². The molecule has 0 spiro atoms. The summed E-state index contributed by atoms with van der Waals surface area (Å²) in [5.74, 6) is -27.6. The number of fused-ring (bicyclic) bond motifs is 1. The summed E-state index contributed by atoms with van der Waals surface area (Å²) in [4.78, 5) is 57.5. The van der Waals surface area contributed by atoms with E-state index >= 15 is 0 Å². The minimum Gasteiger partial charge on any atom is -0.395 e. The zero-order valence-corrected chi connectivity index (χ0v) is 26.3. The molecule has 0 amide bonds. The van der Waals surface area contributed by atoms with Crippen molar-refractivity contribution in [2.75, 3.05) is 70.5 Å². The van der Waals surface area contributed by atoms with E-state index in [4.69, 9.17) is 9.47 Å². The molecule has 0 radical (unpaired) electrons. The number of pyridine rings is 1. The second-order valence-corrected chi connectivity index (χ2v) is 11.1. The van der Waals surface area contributed by atoms with E-state index < -0.39 is 78.5 Å². The summed E-state index contributed by atoms with van der Waals surface area (Å²) < 4.78 is 186. The van der Waals surface area contributed by atoms with Gasteiger partial charge < -0.3 is 33.3 Å². The van der Waals surface area contributed by atoms with Crippen LogP contribution >= 0.6 is 0 Å². The van der Waals surface area contributed by atoms with E-state index in [0.29, 0.717) is 52.5 Å². The van der Waals surface area contributed by atoms with Gasteiger partial charge in [-0.1, -0.05) is 0 Å². The number of halogens is 12. The van der Waals surface area contributed by atoms with Crippen LogP contribution in [0.25, 0.3) is 0 Å². The summed E-state index contributed by atoms with van der Waals surface area (Å²) in [6, 6.07) is 2.00. The number of morpholine rings is 1. The van der Waals surface area contributed by atoms with Crippen molar-refractivity contribution >= 4 is 29.7 Å². The lowest BCUT2D eigenvalue weighted by molar-refractivity contribution is -0.450. The van der Waals surface area contributed by atoms with Crippen molar-refractivity contribution in [3.05, 3.63) is 17.7 Å². The third-order valence-corrected chi connectivity index (χ3v) is 7.46. The molecule has 0 aromatic carbocycles. The Balaban J connectivity index is 1.80. The first-order valence-corrected chi connectivity index (χ1v) is 14.8. The lowest BCUT2D eigenvalue weighted by Gasteiger charge is -2.42. The van der Waals surface area contributed by atoms with Gasteiger partial charge >= 0.3 is 60.5 Å². The van der Waals surface area contributed by atoms with E-state index in [1.807, 2.05) is 4.90 Å². The van der Waals surface area contributed by atoms with Crippen LogP contribution in [0.3, 0.4) is 0 Å². The normalized spacial score (nSPS) is 20.0. The van der Waals surface area contributed by atoms with Crippen LogP contribution in [0.4, 0.5) is 58.5 Å². The fourth-order valence-corrected chi connectivity index (χ4v) is 4.83. The largest absolute Gasteiger partial charge is 0.524 e. The summed E-state index contributed by atoms with van der Waals surface area (Å²) in [7, 11) is 0. The first-order valence-electron chi connectivity index (χ1n) is 14.8. The molecule has 4 heterocycles. The van der Waals surface area contributed by atoms with E-state index in [-0.39, 0.29) is 18.9 Å². The smallest absolute Gasteiger partial charge is 0.395 e. The molecule has 0 saturated carbocycles. The van der Waals surface area contributed by atoms with Crippen LogP contribution in [0.5, 0.6) is 5.88 Å². The highest BCUT2D eigenvalue weighted by atomic mass is 19.4. The number of nitrogens with one attached hydrogen (secondary N) is 1. The maximum Gasteiger partial charge on any atom is 0.524 e. The number of alkyl halides is 12. The Kier molecular flexibility index (Phi) is 11.8. The second-order valence-electron chi connectivity index (χ2n) is 11.1. The van der Waals surface area contributed by atoms with Crippen molar-refractivity contribution in [1.82, 2.24) is 20.1 Å². The maximum absolute atomic E-state index is 13.5. The number of hydrogen-bond donors (Lipinski definition) is 1. The molecule has 0 atom stereocenters. The van der Waals surface area contributed by atoms with Crippen molar-refractivity contribution in [3.63, 3.8) is 0 Å². The Morgan fingerprint density at radius 3 is 1.55 bits per heavy atom. The Bertz CT molecular complexity index is 1470. The molecule has 2 saturated heterocycles. The third kappa shape index (κ3) is 9.99. The SMILES string of the molecule is O=C(OC1(OC(=O)C(F)(F)F)NCc2ccc(N3CCN(CCN4CCOCC4)CC3)nc2OC1(OC(=O)C(F)(F)F)OC(=O)C(F)(F)F)C(F)(F)F. The first-order chi connectivity index (χ1) is 24.4. The van der Waals surface area contributed by atoms with Gasteiger partial charge in [0.15, 0.2) is 0 Å². The van der Waals surface area contributed by atoms with Crippen LogP contribution in [-0.2, 0) is 49.4 Å². The molecular weight excluding hydrogens is 770 g/mol. The van der Waals surface area contributed by atoms with Gasteiger partial charge in [0.25, 0.3) is 0 Å². The molecule has 15 nitrogen and oxygen atoms in total. The highest BCUT2D eigenvalue weighted by Gasteiger charge is 2.75. The van der Waals surface area contributed by atoms with E-state index in [2.05, 4.69) is 28.8 Å². The summed E-state index contributed by atoms with van der Waals surface area (Å²) in [6.45, 7) is 3.33. The molecule has 298 valence electrons. The highest BCUT2D eigenvalue weighted by Crippen LogP contribution is 2.43. The molecule has 0 aliphatic carbocycles. The number of anilines is 1. The average molecular weight is 795 g/mol. The van der Waals surface area contributed by atoms with Gasteiger partial charge in [0, 0.05) is 64.5 Å². The Morgan fingerprint density at radius 2 is 1.09 bits per heavy atom. The number of carbonyl (C=O) groups is 4. The van der Waals surface area contributed by atoms with Gasteiger partial charge in [0.1, 0.15) is 5.82 Å². The van der Waals surface area contributed by atoms with E-state index in [0.717, 1.165) is 12.1 Å². The van der Waals surface area contributed by atoms with Crippen molar-refractivity contribution in [3.8, 4) is 5.88 Å². The van der Waals surface area contributed by atoms with Crippen molar-refractivity contribution in [2.45, 2.75) is 43.1 Å². The fraction of sp³-hybridized carbons (Fsp3) is 0.654. The lowest BCUT2D eigenvalue weighted by atomic mass is 10.2. The number of esters is 4. The van der Waals surface area contributed by atoms with Crippen LogP contribution in [0.2, 0.25) is 0 Å². The monoisotopic (exact) mass is 795 g/mol. The second kappa shape index (κ2) is 15.2. The molecule has 2 fully saturated rings. The predicted molar refractivity (Wildman–Crippen MR) is 142 cm³/mol. The summed E-state index contributed by atoms with van der Waals surface area (Å²) in [5, 5.41) is 1.24. The lowest BCUT2D eigenvalue weighted by Crippen LogP contribution is -2.73. The minimum absolute atomic E-state index is 0.140. The number of piperazine rings is 1. The molecule has 0 unspecified atom stereocenters. The number of carbonyl (C=O) groups excluding carboxylic acids is 4. The molecule has 3 aliphatic heterocycles. The molecular formula is C26H25F12N5O10. The molecule has 0 bridgehead atoms. The van der Waals surface area contributed by atoms with E-state index in [9.17, 15) is 71.9 Å². The predicted octanol–water partition coefficient (Wildman–Crippen LogP) is 1.75. The van der Waals surface area contributed by atoms with Gasteiger partial charge in [-0.15, -0.1) is 0 Å². The number of aromatic nitrogens is 1. The van der Waals surface area contributed by atoms with Crippen molar-refractivity contribution < 1.29 is 100 Å². The first kappa shape index (κ1) is 41.4. The van der Waals surface area contributed by atoms with Crippen LogP contribution < -0.4 is 15.0 Å². The average Bonchev–Trinajstić information content (AvgIpc) is 3.16. The summed E-state index contributed by atoms with van der Waals surface area (Å²) >= 11 is 0. The van der Waals surface area contributed by atoms with Gasteiger partial charge in [-0.2, -0.15) is 57.7 Å². The topological polar surface area (TPSA) is 158 Å². The summed E-state index contributed by atoms with van der Waals surface area (Å²) in [5.41, 5.74) is -0.693. The van der Waals surface area contributed by atoms with Crippen LogP contribution in [0.1, 0.15) is 5.56 Å². The van der Waals surface area contributed by atoms with Crippen LogP contribution in [-0.4, -0.2) is 141 Å². The van der Waals surface area contributed by atoms with E-state index in [1.165, 1.54) is 10.2 Å². The molecule has 1 aromatic heterocycles. The zero-order valence-electron chi connectivity index (χ0n) is 26.3. The number of nitrogens with zero attached hydrogens (tertiary/aromatic N) is 4. The Morgan fingerprint density at radius 1 is 0.660 bits per heavy atom. The molecule has 1 aromatic rings. The fourth-order valence-electron chi connectivity index (χ4n) is 4.83. The summed E-state index contributed by atoms with van der Waals surface area (Å²) in [6.07, 6.45) is -25.6. The van der Waals surface area contributed by atoms with E-state index in [1.54, 1.807) is 0 Å². The van der Waals surface area contributed by atoms with Crippen LogP contribution in [0, 0.1) is 0 Å². The number of rotatable bonds is 8. The van der Waals surface area contributed by atoms with Gasteiger partial charge in [-0.05, 0) is 12.1 Å². The number of hydrogen-bond acceptors (Lipinski definition) is 15. The zero-order chi connectivity index (χ0) is 39.6. The molecule has 27 heteroatoms. The van der Waals surface area contributed by atoms with Gasteiger partial charge in [0.05, 0.1) is 13.2 Å². The van der Waals surface area contributed by atoms with Crippen molar-refractivity contribution in [1.29, 1.82) is 0 Å². The molecule has 53 heavy (non-hydrogen) atoms. The Labute approximate surface area is 287 Å². The quantitative estimate of drug-likeness (QED) is 0.230. The van der Waals surface area contributed by atoms with Crippen LogP contribution in [0.15, 0.2) is 12.1 Å². The standard InChI is InChI=1S/C26H25F12N5O10/c27-21(28,29)17(44)50-25(51-18(45)22(30,31)32)26(52-19(46)23(33,34)35,53-20(47)24(36,37)38)49-16-14(13-39-25)1-2-15(40-16)43-7-5-41(6-8-43)3-4-42-9-11-48-12-10-42/h1-2,39H,3-13H2. The maximum atomic E-state index is 13.5. The third-order valence-electron chi connectivity index (χ3n) is 7.46. The minimum atomic E-state index is -6.42. The number of ether oxygens (including phenoxy) is 6. The molecule has 3 aliphatic rings. The molecule has 1 N–H and O–H groups in total. The van der Waals surface area contributed by atoms with Gasteiger partial charge in [-0.25, -0.2) is 24.5 Å². The highest BCUT2D eigenvalue weighted by molar-refractivity contribution is 5.80. The van der Waals surface area contributed by atoms with Gasteiger partial charge in [-0.3, -0.25) is 9.80 Å².